The molecule has 6 heteroatoms. The second kappa shape index (κ2) is 6.63. The molecule has 0 bridgehead atoms. The molecule has 0 unspecified atom stereocenters. The van der Waals surface area contributed by atoms with E-state index in [4.69, 9.17) is 4.42 Å². The lowest BCUT2D eigenvalue weighted by molar-refractivity contribution is 0.0701. The Hall–Kier alpha value is -3.15. The van der Waals surface area contributed by atoms with Crippen molar-refractivity contribution in [2.75, 3.05) is 6.54 Å². The third kappa shape index (κ3) is 3.06. The molecular formula is C20H19N3O3. The summed E-state index contributed by atoms with van der Waals surface area (Å²) in [6.45, 7) is 3.30. The molecule has 1 aliphatic rings. The third-order valence-electron chi connectivity index (χ3n) is 4.74. The van der Waals surface area contributed by atoms with Gasteiger partial charge < -0.3 is 13.9 Å². The maximum absolute atomic E-state index is 12.7. The van der Waals surface area contributed by atoms with E-state index >= 15 is 0 Å². The van der Waals surface area contributed by atoms with Crippen molar-refractivity contribution in [3.05, 3.63) is 87.5 Å². The predicted octanol–water partition coefficient (Wildman–Crippen LogP) is 2.39. The number of oxazole rings is 1. The maximum atomic E-state index is 12.7. The molecule has 0 atom stereocenters. The molecule has 0 saturated heterocycles. The van der Waals surface area contributed by atoms with E-state index in [0.29, 0.717) is 31.7 Å². The Morgan fingerprint density at radius 2 is 2.04 bits per heavy atom. The highest BCUT2D eigenvalue weighted by atomic mass is 16.3. The summed E-state index contributed by atoms with van der Waals surface area (Å²) < 4.78 is 6.93. The van der Waals surface area contributed by atoms with Gasteiger partial charge in [-0.25, -0.2) is 4.98 Å². The Labute approximate surface area is 150 Å². The average Bonchev–Trinajstić information content (AvgIpc) is 3.08. The van der Waals surface area contributed by atoms with Crippen molar-refractivity contribution in [1.29, 1.82) is 0 Å². The van der Waals surface area contributed by atoms with Crippen LogP contribution in [0.4, 0.5) is 0 Å². The summed E-state index contributed by atoms with van der Waals surface area (Å²) in [6, 6.07) is 11.6. The van der Waals surface area contributed by atoms with Crippen molar-refractivity contribution >= 4 is 5.91 Å². The fourth-order valence-corrected chi connectivity index (χ4v) is 3.30. The van der Waals surface area contributed by atoms with E-state index in [1.165, 1.54) is 6.39 Å². The fraction of sp³-hybridized carbons (Fsp3) is 0.250. The molecule has 26 heavy (non-hydrogen) atoms. The van der Waals surface area contributed by atoms with Gasteiger partial charge >= 0.3 is 0 Å². The van der Waals surface area contributed by atoms with E-state index in [1.807, 2.05) is 36.5 Å². The summed E-state index contributed by atoms with van der Waals surface area (Å²) in [5.74, 6) is 0.123. The quantitative estimate of drug-likeness (QED) is 0.728. The Bertz CT molecular complexity index is 1000. The second-order valence-electron chi connectivity index (χ2n) is 6.52. The minimum absolute atomic E-state index is 0.0153. The van der Waals surface area contributed by atoms with Crippen molar-refractivity contribution in [2.24, 2.45) is 0 Å². The lowest BCUT2D eigenvalue weighted by atomic mass is 10.0. The molecule has 3 aromatic rings. The minimum atomic E-state index is -0.161. The first-order valence-corrected chi connectivity index (χ1v) is 8.57. The largest absolute Gasteiger partial charge is 0.438 e. The van der Waals surface area contributed by atoms with E-state index in [-0.39, 0.29) is 17.2 Å². The van der Waals surface area contributed by atoms with Gasteiger partial charge in [-0.1, -0.05) is 30.3 Å². The summed E-state index contributed by atoms with van der Waals surface area (Å²) in [6.07, 6.45) is 3.82. The molecule has 0 spiro atoms. The van der Waals surface area contributed by atoms with Gasteiger partial charge in [-0.15, -0.1) is 0 Å². The number of fused-ring (bicyclic) bond motifs is 1. The summed E-state index contributed by atoms with van der Waals surface area (Å²) in [7, 11) is 0. The van der Waals surface area contributed by atoms with Gasteiger partial charge in [0.2, 0.25) is 5.76 Å². The zero-order valence-corrected chi connectivity index (χ0v) is 14.5. The third-order valence-corrected chi connectivity index (χ3v) is 4.74. The highest BCUT2D eigenvalue weighted by Crippen LogP contribution is 2.20. The highest BCUT2D eigenvalue weighted by Gasteiger charge is 2.26. The average molecular weight is 349 g/mol. The van der Waals surface area contributed by atoms with Crippen LogP contribution < -0.4 is 5.56 Å². The summed E-state index contributed by atoms with van der Waals surface area (Å²) in [5.41, 5.74) is 3.65. The number of carbonyl (C=O) groups excluding carboxylic acids is 1. The number of amides is 1. The highest BCUT2D eigenvalue weighted by molar-refractivity contribution is 5.92. The van der Waals surface area contributed by atoms with Gasteiger partial charge in [0.25, 0.3) is 11.5 Å². The first-order chi connectivity index (χ1) is 12.6. The van der Waals surface area contributed by atoms with Gasteiger partial charge in [0.15, 0.2) is 6.39 Å². The molecule has 1 aromatic carbocycles. The standard InChI is InChI=1S/C20H19N3O3/c1-14-19(26-13-21-14)20(25)22-8-7-16-9-18(24)23(12-17(16)11-22)10-15-5-3-2-4-6-15/h2-6,9,12-13H,7-8,10-11H2,1H3. The van der Waals surface area contributed by atoms with Crippen molar-refractivity contribution in [1.82, 2.24) is 14.5 Å². The van der Waals surface area contributed by atoms with Gasteiger partial charge in [-0.3, -0.25) is 9.59 Å². The van der Waals surface area contributed by atoms with Crippen LogP contribution in [0.5, 0.6) is 0 Å². The molecular weight excluding hydrogens is 330 g/mol. The molecule has 3 heterocycles. The van der Waals surface area contributed by atoms with Crippen molar-refractivity contribution in [2.45, 2.75) is 26.4 Å². The molecule has 132 valence electrons. The number of benzene rings is 1. The van der Waals surface area contributed by atoms with Gasteiger partial charge in [-0.05, 0) is 30.0 Å². The zero-order valence-electron chi connectivity index (χ0n) is 14.5. The summed E-state index contributed by atoms with van der Waals surface area (Å²) in [4.78, 5) is 30.8. The molecule has 4 rings (SSSR count). The zero-order chi connectivity index (χ0) is 18.1. The lowest BCUT2D eigenvalue weighted by Crippen LogP contribution is -2.37. The van der Waals surface area contributed by atoms with E-state index < -0.39 is 0 Å². The Morgan fingerprint density at radius 1 is 1.23 bits per heavy atom. The molecule has 0 N–H and O–H groups in total. The van der Waals surface area contributed by atoms with Crippen molar-refractivity contribution in [3.63, 3.8) is 0 Å². The normalized spacial score (nSPS) is 13.5. The van der Waals surface area contributed by atoms with Crippen molar-refractivity contribution in [3.8, 4) is 0 Å². The fourth-order valence-electron chi connectivity index (χ4n) is 3.30. The molecule has 0 fully saturated rings. The molecule has 1 amide bonds. The Kier molecular flexibility index (Phi) is 4.16. The SMILES string of the molecule is Cc1ncoc1C(=O)N1CCc2cc(=O)n(Cc3ccccc3)cc2C1. The molecule has 6 nitrogen and oxygen atoms in total. The van der Waals surface area contributed by atoms with E-state index in [1.54, 1.807) is 22.5 Å². The molecule has 2 aromatic heterocycles. The van der Waals surface area contributed by atoms with Crippen LogP contribution in [0.25, 0.3) is 0 Å². The molecule has 0 saturated carbocycles. The van der Waals surface area contributed by atoms with E-state index in [2.05, 4.69) is 4.98 Å². The second-order valence-corrected chi connectivity index (χ2v) is 6.52. The van der Waals surface area contributed by atoms with Crippen molar-refractivity contribution < 1.29 is 9.21 Å². The van der Waals surface area contributed by atoms with Crippen LogP contribution >= 0.6 is 0 Å². The number of aromatic nitrogens is 2. The van der Waals surface area contributed by atoms with Crippen LogP contribution in [-0.2, 0) is 19.5 Å². The smallest absolute Gasteiger partial charge is 0.291 e. The first kappa shape index (κ1) is 16.3. The molecule has 0 aliphatic carbocycles. The first-order valence-electron chi connectivity index (χ1n) is 8.57. The van der Waals surface area contributed by atoms with Gasteiger partial charge in [0.1, 0.15) is 0 Å². The van der Waals surface area contributed by atoms with Crippen LogP contribution in [0.3, 0.4) is 0 Å². The van der Waals surface area contributed by atoms with Gasteiger partial charge in [0, 0.05) is 25.4 Å². The molecule has 1 aliphatic heterocycles. The number of carbonyl (C=O) groups is 1. The number of hydrogen-bond donors (Lipinski definition) is 0. The van der Waals surface area contributed by atoms with Crippen LogP contribution in [-0.4, -0.2) is 26.9 Å². The molecule has 0 radical (unpaired) electrons. The Balaban J connectivity index is 1.60. The maximum Gasteiger partial charge on any atom is 0.291 e. The summed E-state index contributed by atoms with van der Waals surface area (Å²) in [5, 5.41) is 0. The topological polar surface area (TPSA) is 68.3 Å². The summed E-state index contributed by atoms with van der Waals surface area (Å²) >= 11 is 0. The number of aryl methyl sites for hydroxylation is 1. The van der Waals surface area contributed by atoms with Crippen LogP contribution in [0.2, 0.25) is 0 Å². The number of nitrogens with zero attached hydrogens (tertiary/aromatic N) is 3. The Morgan fingerprint density at radius 3 is 2.77 bits per heavy atom. The van der Waals surface area contributed by atoms with Crippen LogP contribution in [0, 0.1) is 6.92 Å². The van der Waals surface area contributed by atoms with Crippen LogP contribution in [0.15, 0.2) is 58.2 Å². The monoisotopic (exact) mass is 349 g/mol. The number of pyridine rings is 1. The van der Waals surface area contributed by atoms with Crippen LogP contribution in [0.1, 0.15) is 32.9 Å². The van der Waals surface area contributed by atoms with Gasteiger partial charge in [0.05, 0.1) is 12.2 Å². The van der Waals surface area contributed by atoms with E-state index in [0.717, 1.165) is 16.7 Å². The predicted molar refractivity (Wildman–Crippen MR) is 95.9 cm³/mol. The van der Waals surface area contributed by atoms with E-state index in [9.17, 15) is 9.59 Å². The number of hydrogen-bond acceptors (Lipinski definition) is 4. The number of rotatable bonds is 3. The van der Waals surface area contributed by atoms with Gasteiger partial charge in [-0.2, -0.15) is 0 Å². The lowest BCUT2D eigenvalue weighted by Gasteiger charge is -2.28. The minimum Gasteiger partial charge on any atom is -0.438 e.